The third-order valence-electron chi connectivity index (χ3n) is 4.93. The Morgan fingerprint density at radius 1 is 0.833 bits per heavy atom. The normalized spacial score (nSPS) is 15.3. The van der Waals surface area contributed by atoms with E-state index >= 15 is 0 Å². The highest BCUT2D eigenvalue weighted by atomic mass is 15.4. The molecule has 1 saturated heterocycles. The van der Waals surface area contributed by atoms with Crippen LogP contribution in [-0.2, 0) is 0 Å². The van der Waals surface area contributed by atoms with E-state index in [0.717, 1.165) is 43.5 Å². The summed E-state index contributed by atoms with van der Waals surface area (Å²) in [6, 6.07) is 10.6. The van der Waals surface area contributed by atoms with Crippen molar-refractivity contribution in [1.29, 1.82) is 0 Å². The maximum Gasteiger partial charge on any atom is 0.178 e. The first kappa shape index (κ1) is 14.9. The molecule has 1 aromatic carbocycles. The molecule has 6 nitrogen and oxygen atoms in total. The van der Waals surface area contributed by atoms with Crippen LogP contribution in [0, 0.1) is 20.8 Å². The first-order valence-electron chi connectivity index (χ1n) is 8.38. The van der Waals surface area contributed by atoms with Crippen molar-refractivity contribution in [2.24, 2.45) is 0 Å². The van der Waals surface area contributed by atoms with Crippen molar-refractivity contribution in [3.63, 3.8) is 0 Å². The van der Waals surface area contributed by atoms with Gasteiger partial charge in [0.2, 0.25) is 0 Å². The average Bonchev–Trinajstić information content (AvgIpc) is 2.98. The first-order valence-corrected chi connectivity index (χ1v) is 8.38. The standard InChI is InChI=1S/C18H22N6/c1-13-5-4-6-16(14(13)2)22-9-11-23(12-10-22)18-8-7-17-20-19-15(3)24(17)21-18/h4-8H,9-12H2,1-3H3. The Morgan fingerprint density at radius 3 is 2.38 bits per heavy atom. The Bertz CT molecular complexity index is 876. The Morgan fingerprint density at radius 2 is 1.58 bits per heavy atom. The van der Waals surface area contributed by atoms with E-state index < -0.39 is 0 Å². The fourth-order valence-electron chi connectivity index (χ4n) is 3.31. The molecule has 4 rings (SSSR count). The lowest BCUT2D eigenvalue weighted by Crippen LogP contribution is -2.47. The van der Waals surface area contributed by atoms with Crippen molar-refractivity contribution < 1.29 is 0 Å². The number of aryl methyl sites for hydroxylation is 2. The number of anilines is 2. The van der Waals surface area contributed by atoms with E-state index in [-0.39, 0.29) is 0 Å². The summed E-state index contributed by atoms with van der Waals surface area (Å²) < 4.78 is 1.81. The van der Waals surface area contributed by atoms with Crippen molar-refractivity contribution in [1.82, 2.24) is 19.8 Å². The highest BCUT2D eigenvalue weighted by Crippen LogP contribution is 2.25. The van der Waals surface area contributed by atoms with Gasteiger partial charge in [-0.05, 0) is 50.1 Å². The summed E-state index contributed by atoms with van der Waals surface area (Å²) in [6.45, 7) is 10.3. The molecule has 0 spiro atoms. The summed E-state index contributed by atoms with van der Waals surface area (Å²) in [5.74, 6) is 1.81. The van der Waals surface area contributed by atoms with Gasteiger partial charge in [-0.15, -0.1) is 15.3 Å². The van der Waals surface area contributed by atoms with Crippen LogP contribution in [0.2, 0.25) is 0 Å². The molecule has 3 heterocycles. The van der Waals surface area contributed by atoms with Crippen molar-refractivity contribution in [3.05, 3.63) is 47.3 Å². The summed E-state index contributed by atoms with van der Waals surface area (Å²) in [5.41, 5.74) is 4.88. The highest BCUT2D eigenvalue weighted by molar-refractivity contribution is 5.57. The van der Waals surface area contributed by atoms with Gasteiger partial charge >= 0.3 is 0 Å². The van der Waals surface area contributed by atoms with Gasteiger partial charge in [-0.1, -0.05) is 12.1 Å². The molecule has 0 bridgehead atoms. The van der Waals surface area contributed by atoms with Crippen LogP contribution in [-0.4, -0.2) is 46.0 Å². The number of aromatic nitrogens is 4. The van der Waals surface area contributed by atoms with E-state index in [1.807, 2.05) is 23.6 Å². The molecule has 0 N–H and O–H groups in total. The van der Waals surface area contributed by atoms with E-state index in [2.05, 4.69) is 57.1 Å². The third kappa shape index (κ3) is 2.48. The van der Waals surface area contributed by atoms with Crippen LogP contribution >= 0.6 is 0 Å². The molecule has 0 amide bonds. The minimum Gasteiger partial charge on any atom is -0.368 e. The Balaban J connectivity index is 1.52. The van der Waals surface area contributed by atoms with Gasteiger partial charge in [-0.3, -0.25) is 0 Å². The zero-order chi connectivity index (χ0) is 16.7. The van der Waals surface area contributed by atoms with Gasteiger partial charge in [0.15, 0.2) is 11.5 Å². The molecule has 124 valence electrons. The second-order valence-corrected chi connectivity index (χ2v) is 6.40. The Hall–Kier alpha value is -2.63. The van der Waals surface area contributed by atoms with Crippen molar-refractivity contribution in [2.75, 3.05) is 36.0 Å². The third-order valence-corrected chi connectivity index (χ3v) is 4.93. The largest absolute Gasteiger partial charge is 0.368 e. The van der Waals surface area contributed by atoms with Crippen LogP contribution in [0.25, 0.3) is 5.65 Å². The van der Waals surface area contributed by atoms with Crippen molar-refractivity contribution >= 4 is 17.2 Å². The molecule has 0 saturated carbocycles. The van der Waals surface area contributed by atoms with E-state index in [1.54, 1.807) is 0 Å². The summed E-state index contributed by atoms with van der Waals surface area (Å²) >= 11 is 0. The molecule has 6 heteroatoms. The van der Waals surface area contributed by atoms with Crippen LogP contribution in [0.3, 0.4) is 0 Å². The second-order valence-electron chi connectivity index (χ2n) is 6.40. The fraction of sp³-hybridized carbons (Fsp3) is 0.389. The molecule has 0 radical (unpaired) electrons. The van der Waals surface area contributed by atoms with Crippen molar-refractivity contribution in [2.45, 2.75) is 20.8 Å². The molecule has 1 aliphatic rings. The molecule has 1 aliphatic heterocycles. The van der Waals surface area contributed by atoms with Crippen LogP contribution in [0.4, 0.5) is 11.5 Å². The predicted molar refractivity (Wildman–Crippen MR) is 95.9 cm³/mol. The lowest BCUT2D eigenvalue weighted by atomic mass is 10.1. The number of fused-ring (bicyclic) bond motifs is 1. The van der Waals surface area contributed by atoms with Crippen LogP contribution in [0.5, 0.6) is 0 Å². The molecule has 0 unspecified atom stereocenters. The molecular weight excluding hydrogens is 300 g/mol. The van der Waals surface area contributed by atoms with Crippen LogP contribution in [0.15, 0.2) is 30.3 Å². The average molecular weight is 322 g/mol. The molecule has 1 fully saturated rings. The van der Waals surface area contributed by atoms with E-state index in [0.29, 0.717) is 0 Å². The zero-order valence-corrected chi connectivity index (χ0v) is 14.4. The molecule has 0 atom stereocenters. The van der Waals surface area contributed by atoms with Gasteiger partial charge < -0.3 is 9.80 Å². The second kappa shape index (κ2) is 5.78. The minimum absolute atomic E-state index is 0.797. The van der Waals surface area contributed by atoms with Crippen LogP contribution in [0.1, 0.15) is 17.0 Å². The van der Waals surface area contributed by atoms with E-state index in [1.165, 1.54) is 16.8 Å². The molecule has 24 heavy (non-hydrogen) atoms. The van der Waals surface area contributed by atoms with Gasteiger partial charge in [0.05, 0.1) is 0 Å². The topological polar surface area (TPSA) is 49.6 Å². The van der Waals surface area contributed by atoms with Crippen molar-refractivity contribution in [3.8, 4) is 0 Å². The summed E-state index contributed by atoms with van der Waals surface area (Å²) in [5, 5.41) is 12.9. The lowest BCUT2D eigenvalue weighted by molar-refractivity contribution is 0.639. The van der Waals surface area contributed by atoms with E-state index in [4.69, 9.17) is 0 Å². The Kier molecular flexibility index (Phi) is 3.59. The number of hydrogen-bond donors (Lipinski definition) is 0. The summed E-state index contributed by atoms with van der Waals surface area (Å²) in [6.07, 6.45) is 0. The monoisotopic (exact) mass is 322 g/mol. The van der Waals surface area contributed by atoms with E-state index in [9.17, 15) is 0 Å². The maximum absolute atomic E-state index is 4.69. The predicted octanol–water partition coefficient (Wildman–Crippen LogP) is 2.38. The smallest absolute Gasteiger partial charge is 0.178 e. The zero-order valence-electron chi connectivity index (χ0n) is 14.4. The minimum atomic E-state index is 0.797. The number of piperazine rings is 1. The fourth-order valence-corrected chi connectivity index (χ4v) is 3.31. The number of benzene rings is 1. The molecular formula is C18H22N6. The van der Waals surface area contributed by atoms with Gasteiger partial charge in [-0.25, -0.2) is 0 Å². The Labute approximate surface area is 141 Å². The van der Waals surface area contributed by atoms with Gasteiger partial charge in [0, 0.05) is 31.9 Å². The number of rotatable bonds is 2. The van der Waals surface area contributed by atoms with Gasteiger partial charge in [0.1, 0.15) is 5.82 Å². The highest BCUT2D eigenvalue weighted by Gasteiger charge is 2.20. The first-order chi connectivity index (χ1) is 11.6. The lowest BCUT2D eigenvalue weighted by Gasteiger charge is -2.37. The molecule has 2 aromatic heterocycles. The summed E-state index contributed by atoms with van der Waals surface area (Å²) in [4.78, 5) is 4.81. The van der Waals surface area contributed by atoms with Gasteiger partial charge in [0.25, 0.3) is 0 Å². The molecule has 0 aliphatic carbocycles. The molecule has 3 aromatic rings. The SMILES string of the molecule is Cc1cccc(N2CCN(c3ccc4nnc(C)n4n3)CC2)c1C. The van der Waals surface area contributed by atoms with Crippen LogP contribution < -0.4 is 9.80 Å². The number of hydrogen-bond acceptors (Lipinski definition) is 5. The van der Waals surface area contributed by atoms with Gasteiger partial charge in [-0.2, -0.15) is 4.52 Å². The maximum atomic E-state index is 4.69. The quantitative estimate of drug-likeness (QED) is 0.725. The summed E-state index contributed by atoms with van der Waals surface area (Å²) in [7, 11) is 0. The number of nitrogens with zero attached hydrogens (tertiary/aromatic N) is 6.